The average Bonchev–Trinajstić information content (AvgIpc) is 2.86. The first kappa shape index (κ1) is 22.3. The molecule has 11 heteroatoms. The summed E-state index contributed by atoms with van der Waals surface area (Å²) < 4.78 is 43.5. The molecule has 0 spiro atoms. The Labute approximate surface area is 163 Å². The summed E-state index contributed by atoms with van der Waals surface area (Å²) in [7, 11) is 0. The molecule has 0 unspecified atom stereocenters. The number of alkyl halides is 3. The zero-order valence-electron chi connectivity index (χ0n) is 15.4. The molecule has 1 N–H and O–H groups in total. The van der Waals surface area contributed by atoms with Crippen molar-refractivity contribution in [3.8, 4) is 0 Å². The van der Waals surface area contributed by atoms with Crippen molar-refractivity contribution in [3.05, 3.63) is 39.9 Å². The summed E-state index contributed by atoms with van der Waals surface area (Å²) in [5.74, 6) is -3.94. The van der Waals surface area contributed by atoms with E-state index in [9.17, 15) is 37.7 Å². The van der Waals surface area contributed by atoms with Crippen molar-refractivity contribution in [3.63, 3.8) is 0 Å². The maximum atomic E-state index is 12.9. The van der Waals surface area contributed by atoms with Crippen LogP contribution in [-0.4, -0.2) is 35.7 Å². The van der Waals surface area contributed by atoms with Crippen molar-refractivity contribution in [2.75, 3.05) is 18.5 Å². The van der Waals surface area contributed by atoms with Crippen molar-refractivity contribution in [2.24, 2.45) is 17.8 Å². The molecular weight excluding hydrogens is 397 g/mol. The van der Waals surface area contributed by atoms with Crippen molar-refractivity contribution in [1.29, 1.82) is 0 Å². The zero-order chi connectivity index (χ0) is 21.8. The molecule has 1 saturated carbocycles. The molecule has 0 heterocycles. The Hall–Kier alpha value is -2.98. The lowest BCUT2D eigenvalue weighted by atomic mass is 9.88. The number of rotatable bonds is 7. The van der Waals surface area contributed by atoms with E-state index < -0.39 is 65.6 Å². The molecule has 0 radical (unpaired) electrons. The minimum Gasteiger partial charge on any atom is -0.456 e. The summed E-state index contributed by atoms with van der Waals surface area (Å²) >= 11 is 0. The first-order chi connectivity index (χ1) is 13.5. The van der Waals surface area contributed by atoms with E-state index in [-0.39, 0.29) is 18.1 Å². The maximum absolute atomic E-state index is 12.9. The van der Waals surface area contributed by atoms with Gasteiger partial charge in [0.15, 0.2) is 6.61 Å². The fourth-order valence-electron chi connectivity index (χ4n) is 3.41. The van der Waals surface area contributed by atoms with E-state index in [0.717, 1.165) is 12.1 Å². The standard InChI is InChI=1S/C18H19F3N2O6/c1-10-6-15(24)11(12(10)8-23(27)28)7-17(26)29-9-16(25)22-14-5-3-2-4-13(14)18(19,20)21/h2-5,10-12H,6-9H2,1H3,(H,22,25)/t10-,11+,12-/m1/s1. The van der Waals surface area contributed by atoms with Crippen LogP contribution in [0.2, 0.25) is 0 Å². The SMILES string of the molecule is C[C@@H]1CC(=O)[C@@H](CC(=O)OCC(=O)Nc2ccccc2C(F)(F)F)[C@@H]1C[N+](=O)[O-]. The van der Waals surface area contributed by atoms with Crippen molar-refractivity contribution < 1.29 is 37.2 Å². The molecule has 1 fully saturated rings. The summed E-state index contributed by atoms with van der Waals surface area (Å²) in [6.07, 6.45) is -4.98. The number of Topliss-reactive ketones (excluding diaryl/α,β-unsaturated/α-hetero) is 1. The van der Waals surface area contributed by atoms with Crippen molar-refractivity contribution in [2.45, 2.75) is 25.9 Å². The highest BCUT2D eigenvalue weighted by Crippen LogP contribution is 2.37. The summed E-state index contributed by atoms with van der Waals surface area (Å²) in [6, 6.07) is 4.33. The quantitative estimate of drug-likeness (QED) is 0.415. The number of halogens is 3. The first-order valence-corrected chi connectivity index (χ1v) is 8.75. The number of hydrogen-bond acceptors (Lipinski definition) is 6. The van der Waals surface area contributed by atoms with Gasteiger partial charge in [-0.1, -0.05) is 19.1 Å². The van der Waals surface area contributed by atoms with E-state index in [1.807, 2.05) is 5.32 Å². The smallest absolute Gasteiger partial charge is 0.418 e. The first-order valence-electron chi connectivity index (χ1n) is 8.75. The highest BCUT2D eigenvalue weighted by atomic mass is 19.4. The number of ether oxygens (including phenoxy) is 1. The topological polar surface area (TPSA) is 116 Å². The highest BCUT2D eigenvalue weighted by Gasteiger charge is 2.44. The molecule has 29 heavy (non-hydrogen) atoms. The largest absolute Gasteiger partial charge is 0.456 e. The molecule has 0 aromatic heterocycles. The van der Waals surface area contributed by atoms with Crippen LogP contribution >= 0.6 is 0 Å². The number of benzene rings is 1. The minimum atomic E-state index is -4.67. The van der Waals surface area contributed by atoms with E-state index in [1.165, 1.54) is 12.1 Å². The summed E-state index contributed by atoms with van der Waals surface area (Å²) in [5, 5.41) is 12.8. The van der Waals surface area contributed by atoms with Crippen LogP contribution in [0, 0.1) is 27.9 Å². The third kappa shape index (κ3) is 6.00. The van der Waals surface area contributed by atoms with Gasteiger partial charge in [-0.3, -0.25) is 24.5 Å². The van der Waals surface area contributed by atoms with Gasteiger partial charge in [0.25, 0.3) is 5.91 Å². The van der Waals surface area contributed by atoms with Gasteiger partial charge in [-0.25, -0.2) is 0 Å². The zero-order valence-corrected chi connectivity index (χ0v) is 15.4. The predicted molar refractivity (Wildman–Crippen MR) is 93.3 cm³/mol. The Morgan fingerprint density at radius 1 is 1.31 bits per heavy atom. The van der Waals surface area contributed by atoms with Gasteiger partial charge in [0.1, 0.15) is 5.78 Å². The Balaban J connectivity index is 1.92. The number of anilines is 1. The Morgan fingerprint density at radius 3 is 2.59 bits per heavy atom. The van der Waals surface area contributed by atoms with E-state index >= 15 is 0 Å². The summed E-state index contributed by atoms with van der Waals surface area (Å²) in [4.78, 5) is 46.0. The number of carbonyl (C=O) groups excluding carboxylic acids is 3. The van der Waals surface area contributed by atoms with Crippen molar-refractivity contribution >= 4 is 23.3 Å². The molecule has 1 aliphatic rings. The molecule has 0 bridgehead atoms. The lowest BCUT2D eigenvalue weighted by molar-refractivity contribution is -0.490. The second-order valence-corrected chi connectivity index (χ2v) is 6.89. The fourth-order valence-corrected chi connectivity index (χ4v) is 3.41. The fraction of sp³-hybridized carbons (Fsp3) is 0.500. The summed E-state index contributed by atoms with van der Waals surface area (Å²) in [5.41, 5.74) is -1.53. The molecule has 3 atom stereocenters. The number of nitrogens with one attached hydrogen (secondary N) is 1. The number of para-hydroxylation sites is 1. The predicted octanol–water partition coefficient (Wildman–Crippen LogP) is 2.70. The molecular formula is C18H19F3N2O6. The van der Waals surface area contributed by atoms with Gasteiger partial charge in [0.2, 0.25) is 6.54 Å². The van der Waals surface area contributed by atoms with Gasteiger partial charge in [-0.05, 0) is 18.1 Å². The maximum Gasteiger partial charge on any atom is 0.418 e. The van der Waals surface area contributed by atoms with Crippen LogP contribution in [-0.2, 0) is 25.3 Å². The van der Waals surface area contributed by atoms with Crippen LogP contribution in [0.25, 0.3) is 0 Å². The third-order valence-electron chi connectivity index (χ3n) is 4.80. The van der Waals surface area contributed by atoms with Gasteiger partial charge >= 0.3 is 12.1 Å². The van der Waals surface area contributed by atoms with E-state index in [2.05, 4.69) is 0 Å². The van der Waals surface area contributed by atoms with Gasteiger partial charge in [0.05, 0.1) is 17.7 Å². The van der Waals surface area contributed by atoms with E-state index in [4.69, 9.17) is 4.74 Å². The van der Waals surface area contributed by atoms with Crippen LogP contribution in [0.15, 0.2) is 24.3 Å². The Morgan fingerprint density at radius 2 is 1.97 bits per heavy atom. The second-order valence-electron chi connectivity index (χ2n) is 6.89. The monoisotopic (exact) mass is 416 g/mol. The van der Waals surface area contributed by atoms with Crippen LogP contribution in [0.4, 0.5) is 18.9 Å². The van der Waals surface area contributed by atoms with E-state index in [1.54, 1.807) is 6.92 Å². The Kier molecular flexibility index (Phi) is 6.93. The van der Waals surface area contributed by atoms with Gasteiger partial charge in [-0.15, -0.1) is 0 Å². The van der Waals surface area contributed by atoms with E-state index in [0.29, 0.717) is 0 Å². The molecule has 0 saturated heterocycles. The number of amides is 1. The van der Waals surface area contributed by atoms with Gasteiger partial charge < -0.3 is 10.1 Å². The molecule has 8 nitrogen and oxygen atoms in total. The number of esters is 1. The second kappa shape index (κ2) is 9.01. The molecule has 1 amide bonds. The highest BCUT2D eigenvalue weighted by molar-refractivity contribution is 5.94. The van der Waals surface area contributed by atoms with Crippen molar-refractivity contribution in [1.82, 2.24) is 0 Å². The van der Waals surface area contributed by atoms with Crippen LogP contribution in [0.3, 0.4) is 0 Å². The number of ketones is 1. The minimum absolute atomic E-state index is 0.116. The third-order valence-corrected chi connectivity index (χ3v) is 4.80. The molecule has 158 valence electrons. The Bertz CT molecular complexity index is 811. The van der Waals surface area contributed by atoms with Crippen LogP contribution in [0.1, 0.15) is 25.3 Å². The number of hydrogen-bond donors (Lipinski definition) is 1. The van der Waals surface area contributed by atoms with Gasteiger partial charge in [-0.2, -0.15) is 13.2 Å². The number of nitro groups is 1. The lowest BCUT2D eigenvalue weighted by Gasteiger charge is -2.17. The number of carbonyl (C=O) groups is 3. The number of nitrogens with zero attached hydrogens (tertiary/aromatic N) is 1. The lowest BCUT2D eigenvalue weighted by Crippen LogP contribution is -2.28. The molecule has 1 aliphatic carbocycles. The van der Waals surface area contributed by atoms with Crippen LogP contribution in [0.5, 0.6) is 0 Å². The van der Waals surface area contributed by atoms with Crippen LogP contribution < -0.4 is 5.32 Å². The van der Waals surface area contributed by atoms with Gasteiger partial charge in [0, 0.05) is 23.2 Å². The molecule has 0 aliphatic heterocycles. The summed E-state index contributed by atoms with van der Waals surface area (Å²) in [6.45, 7) is 0.379. The molecule has 1 aromatic rings. The molecule has 1 aromatic carbocycles. The molecule has 2 rings (SSSR count). The normalized spacial score (nSPS) is 21.7. The average molecular weight is 416 g/mol.